The fourth-order valence-corrected chi connectivity index (χ4v) is 2.17. The molecule has 0 amide bonds. The maximum atomic E-state index is 10.6. The molecule has 2 rings (SSSR count). The molecule has 0 unspecified atom stereocenters. The van der Waals surface area contributed by atoms with Gasteiger partial charge in [0.05, 0.1) is 6.10 Å². The Morgan fingerprint density at radius 1 is 1.00 bits per heavy atom. The van der Waals surface area contributed by atoms with Crippen molar-refractivity contribution < 1.29 is 5.11 Å². The maximum Gasteiger partial charge on any atom is 0.0918 e. The number of aliphatic hydroxyl groups is 1. The Labute approximate surface area is 108 Å². The molecule has 0 heterocycles. The lowest BCUT2D eigenvalue weighted by molar-refractivity contribution is 0.116. The standard InChI is InChI=1S/C17H18O/c1-3-17(2,15-12-8-5-9-13-15)16(18)14-10-6-4-7-11-14/h3-13,16,18H,1H2,2H3/t16-,17-/m0/s1. The van der Waals surface area contributed by atoms with E-state index in [9.17, 15) is 5.11 Å². The van der Waals surface area contributed by atoms with Crippen molar-refractivity contribution in [3.8, 4) is 0 Å². The van der Waals surface area contributed by atoms with Crippen LogP contribution in [0.2, 0.25) is 0 Å². The van der Waals surface area contributed by atoms with E-state index >= 15 is 0 Å². The Kier molecular flexibility index (Phi) is 3.63. The lowest BCUT2D eigenvalue weighted by Crippen LogP contribution is -2.28. The second-order valence-corrected chi connectivity index (χ2v) is 4.67. The van der Waals surface area contributed by atoms with Crippen LogP contribution in [0.25, 0.3) is 0 Å². The zero-order valence-electron chi connectivity index (χ0n) is 10.6. The van der Waals surface area contributed by atoms with E-state index < -0.39 is 11.5 Å². The van der Waals surface area contributed by atoms with Gasteiger partial charge in [0.15, 0.2) is 0 Å². The first-order chi connectivity index (χ1) is 8.68. The van der Waals surface area contributed by atoms with E-state index in [1.54, 1.807) is 0 Å². The minimum atomic E-state index is -0.599. The van der Waals surface area contributed by atoms with E-state index in [0.717, 1.165) is 11.1 Å². The van der Waals surface area contributed by atoms with Crippen molar-refractivity contribution >= 4 is 0 Å². The van der Waals surface area contributed by atoms with Gasteiger partial charge in [-0.05, 0) is 18.1 Å². The fraction of sp³-hybridized carbons (Fsp3) is 0.176. The average Bonchev–Trinajstić information content (AvgIpc) is 2.47. The lowest BCUT2D eigenvalue weighted by atomic mass is 9.75. The molecular formula is C17H18O. The molecule has 0 aliphatic carbocycles. The molecule has 0 spiro atoms. The van der Waals surface area contributed by atoms with Crippen molar-refractivity contribution in [2.45, 2.75) is 18.4 Å². The molecule has 0 bridgehead atoms. The molecule has 0 aliphatic heterocycles. The molecule has 0 saturated carbocycles. The molecule has 1 N–H and O–H groups in total. The van der Waals surface area contributed by atoms with Gasteiger partial charge in [-0.2, -0.15) is 0 Å². The molecular weight excluding hydrogens is 220 g/mol. The Hall–Kier alpha value is -1.86. The lowest BCUT2D eigenvalue weighted by Gasteiger charge is -2.32. The van der Waals surface area contributed by atoms with Crippen molar-refractivity contribution in [3.63, 3.8) is 0 Å². The topological polar surface area (TPSA) is 20.2 Å². The predicted octanol–water partition coefficient (Wildman–Crippen LogP) is 3.86. The molecule has 2 aromatic carbocycles. The van der Waals surface area contributed by atoms with Crippen LogP contribution >= 0.6 is 0 Å². The third kappa shape index (κ3) is 2.22. The minimum Gasteiger partial charge on any atom is -0.387 e. The van der Waals surface area contributed by atoms with Crippen molar-refractivity contribution in [3.05, 3.63) is 84.4 Å². The zero-order chi connectivity index (χ0) is 13.0. The van der Waals surface area contributed by atoms with Crippen molar-refractivity contribution in [1.29, 1.82) is 0 Å². The highest BCUT2D eigenvalue weighted by molar-refractivity contribution is 5.35. The molecule has 2 aromatic rings. The van der Waals surface area contributed by atoms with Crippen LogP contribution in [-0.2, 0) is 5.41 Å². The van der Waals surface area contributed by atoms with Crippen LogP contribution in [0.4, 0.5) is 0 Å². The first-order valence-corrected chi connectivity index (χ1v) is 6.10. The van der Waals surface area contributed by atoms with Gasteiger partial charge in [-0.15, -0.1) is 6.58 Å². The summed E-state index contributed by atoms with van der Waals surface area (Å²) in [6.07, 6.45) is 1.22. The van der Waals surface area contributed by atoms with E-state index in [2.05, 4.69) is 6.58 Å². The molecule has 0 fully saturated rings. The number of rotatable bonds is 4. The first-order valence-electron chi connectivity index (χ1n) is 6.10. The highest BCUT2D eigenvalue weighted by Crippen LogP contribution is 2.37. The normalized spacial score (nSPS) is 15.7. The highest BCUT2D eigenvalue weighted by Gasteiger charge is 2.32. The third-order valence-electron chi connectivity index (χ3n) is 3.50. The average molecular weight is 238 g/mol. The van der Waals surface area contributed by atoms with E-state index in [1.807, 2.05) is 73.7 Å². The second-order valence-electron chi connectivity index (χ2n) is 4.67. The van der Waals surface area contributed by atoms with Crippen LogP contribution in [0.3, 0.4) is 0 Å². The molecule has 92 valence electrons. The smallest absolute Gasteiger partial charge is 0.0918 e. The van der Waals surface area contributed by atoms with Crippen molar-refractivity contribution in [2.75, 3.05) is 0 Å². The van der Waals surface area contributed by atoms with E-state index in [1.165, 1.54) is 0 Å². The van der Waals surface area contributed by atoms with Gasteiger partial charge in [-0.25, -0.2) is 0 Å². The van der Waals surface area contributed by atoms with Crippen molar-refractivity contribution in [1.82, 2.24) is 0 Å². The molecule has 2 atom stereocenters. The summed E-state index contributed by atoms with van der Waals surface area (Å²) in [4.78, 5) is 0. The van der Waals surface area contributed by atoms with Gasteiger partial charge < -0.3 is 5.11 Å². The maximum absolute atomic E-state index is 10.6. The minimum absolute atomic E-state index is 0.484. The fourth-order valence-electron chi connectivity index (χ4n) is 2.17. The Balaban J connectivity index is 2.42. The van der Waals surface area contributed by atoms with E-state index in [4.69, 9.17) is 0 Å². The molecule has 1 heteroatoms. The monoisotopic (exact) mass is 238 g/mol. The number of hydrogen-bond acceptors (Lipinski definition) is 1. The van der Waals surface area contributed by atoms with Gasteiger partial charge in [-0.1, -0.05) is 66.7 Å². The quantitative estimate of drug-likeness (QED) is 0.802. The summed E-state index contributed by atoms with van der Waals surface area (Å²) in [6, 6.07) is 19.7. The van der Waals surface area contributed by atoms with Gasteiger partial charge in [0, 0.05) is 5.41 Å². The van der Waals surface area contributed by atoms with Gasteiger partial charge in [0.2, 0.25) is 0 Å². The number of hydrogen-bond donors (Lipinski definition) is 1. The molecule has 0 aromatic heterocycles. The largest absolute Gasteiger partial charge is 0.387 e. The Morgan fingerprint density at radius 2 is 1.50 bits per heavy atom. The summed E-state index contributed by atoms with van der Waals surface area (Å²) in [5, 5.41) is 10.6. The van der Waals surface area contributed by atoms with Gasteiger partial charge in [-0.3, -0.25) is 0 Å². The summed E-state index contributed by atoms with van der Waals surface area (Å²) >= 11 is 0. The summed E-state index contributed by atoms with van der Waals surface area (Å²) in [5.41, 5.74) is 1.49. The summed E-state index contributed by atoms with van der Waals surface area (Å²) in [7, 11) is 0. The molecule has 1 nitrogen and oxygen atoms in total. The Morgan fingerprint density at radius 3 is 2.00 bits per heavy atom. The third-order valence-corrected chi connectivity index (χ3v) is 3.50. The molecule has 18 heavy (non-hydrogen) atoms. The molecule has 0 aliphatic rings. The number of benzene rings is 2. The van der Waals surface area contributed by atoms with Crippen LogP contribution in [0, 0.1) is 0 Å². The van der Waals surface area contributed by atoms with Crippen LogP contribution in [0.5, 0.6) is 0 Å². The summed E-state index contributed by atoms with van der Waals surface area (Å²) in [5.74, 6) is 0. The Bertz CT molecular complexity index is 504. The van der Waals surface area contributed by atoms with Gasteiger partial charge in [0.25, 0.3) is 0 Å². The highest BCUT2D eigenvalue weighted by atomic mass is 16.3. The van der Waals surface area contributed by atoms with Crippen LogP contribution < -0.4 is 0 Å². The first kappa shape index (κ1) is 12.6. The van der Waals surface area contributed by atoms with Gasteiger partial charge >= 0.3 is 0 Å². The summed E-state index contributed by atoms with van der Waals surface area (Å²) in [6.45, 7) is 5.90. The molecule has 0 radical (unpaired) electrons. The number of aliphatic hydroxyl groups excluding tert-OH is 1. The molecule has 0 saturated heterocycles. The van der Waals surface area contributed by atoms with Crippen LogP contribution in [0.1, 0.15) is 24.2 Å². The SMILES string of the molecule is C=C[C@@](C)(c1ccccc1)[C@@H](O)c1ccccc1. The predicted molar refractivity (Wildman–Crippen MR) is 75.4 cm³/mol. The van der Waals surface area contributed by atoms with Crippen molar-refractivity contribution in [2.24, 2.45) is 0 Å². The van der Waals surface area contributed by atoms with E-state index in [-0.39, 0.29) is 0 Å². The van der Waals surface area contributed by atoms with Gasteiger partial charge in [0.1, 0.15) is 0 Å². The summed E-state index contributed by atoms with van der Waals surface area (Å²) < 4.78 is 0. The van der Waals surface area contributed by atoms with Crippen LogP contribution in [0.15, 0.2) is 73.3 Å². The second kappa shape index (κ2) is 5.19. The van der Waals surface area contributed by atoms with E-state index in [0.29, 0.717) is 0 Å². The van der Waals surface area contributed by atoms with Crippen LogP contribution in [-0.4, -0.2) is 5.11 Å². The zero-order valence-corrected chi connectivity index (χ0v) is 10.6.